The Labute approximate surface area is 194 Å². The van der Waals surface area contributed by atoms with E-state index in [0.717, 1.165) is 0 Å². The van der Waals surface area contributed by atoms with Gasteiger partial charge in [0.05, 0.1) is 12.0 Å². The topological polar surface area (TPSA) is 221 Å². The average Bonchev–Trinajstić information content (AvgIpc) is 2.73. The minimum Gasteiger partial charge on any atom is -0.481 e. The minimum absolute atomic E-state index is 0.228. The van der Waals surface area contributed by atoms with Crippen molar-refractivity contribution < 1.29 is 37.8 Å². The van der Waals surface area contributed by atoms with Gasteiger partial charge in [-0.1, -0.05) is 12.1 Å². The van der Waals surface area contributed by atoms with Crippen molar-refractivity contribution in [1.82, 2.24) is 9.44 Å². The predicted octanol–water partition coefficient (Wildman–Crippen LogP) is 0.371. The van der Waals surface area contributed by atoms with E-state index in [2.05, 4.69) is 10.0 Å². The van der Waals surface area contributed by atoms with E-state index in [1.54, 1.807) is 29.8 Å². The van der Waals surface area contributed by atoms with Crippen LogP contribution in [0.3, 0.4) is 0 Å². The molecule has 0 aliphatic rings. The SMILES string of the molecule is Cc1cc(CNS(=O)(=O)NC(CC(=O)O)C(=O)O)ccc1OC(=O)c1ccc(NC(=N)N)cc1. The molecule has 2 aromatic rings. The summed E-state index contributed by atoms with van der Waals surface area (Å²) < 4.78 is 33.4. The smallest absolute Gasteiger partial charge is 0.343 e. The summed E-state index contributed by atoms with van der Waals surface area (Å²) in [4.78, 5) is 34.1. The third-order valence-corrected chi connectivity index (χ3v) is 5.40. The van der Waals surface area contributed by atoms with Crippen LogP contribution >= 0.6 is 0 Å². The predicted molar refractivity (Wildman–Crippen MR) is 121 cm³/mol. The molecule has 0 aromatic heterocycles. The number of rotatable bonds is 11. The van der Waals surface area contributed by atoms with Crippen molar-refractivity contribution in [2.24, 2.45) is 5.73 Å². The Morgan fingerprint density at radius 1 is 1.12 bits per heavy atom. The molecule has 0 saturated carbocycles. The fourth-order valence-electron chi connectivity index (χ4n) is 2.70. The first kappa shape index (κ1) is 26.2. The number of anilines is 1. The summed E-state index contributed by atoms with van der Waals surface area (Å²) in [5.74, 6) is -3.73. The van der Waals surface area contributed by atoms with Crippen molar-refractivity contribution in [3.8, 4) is 5.75 Å². The summed E-state index contributed by atoms with van der Waals surface area (Å²) in [5.41, 5.74) is 7.03. The highest BCUT2D eigenvalue weighted by atomic mass is 32.2. The van der Waals surface area contributed by atoms with Crippen molar-refractivity contribution in [2.45, 2.75) is 25.9 Å². The number of hydrogen-bond acceptors (Lipinski definition) is 7. The molecule has 1 atom stereocenters. The summed E-state index contributed by atoms with van der Waals surface area (Å²) >= 11 is 0. The van der Waals surface area contributed by atoms with Gasteiger partial charge in [-0.15, -0.1) is 0 Å². The normalized spacial score (nSPS) is 11.9. The third-order valence-electron chi connectivity index (χ3n) is 4.28. The Kier molecular flexibility index (Phi) is 8.66. The lowest BCUT2D eigenvalue weighted by atomic mass is 10.1. The van der Waals surface area contributed by atoms with Crippen LogP contribution in [0.2, 0.25) is 0 Å². The number of carboxylic acids is 2. The van der Waals surface area contributed by atoms with Gasteiger partial charge in [0.1, 0.15) is 11.8 Å². The van der Waals surface area contributed by atoms with E-state index in [9.17, 15) is 22.8 Å². The molecule has 0 spiro atoms. The van der Waals surface area contributed by atoms with E-state index in [1.807, 2.05) is 0 Å². The fraction of sp³-hybridized carbons (Fsp3) is 0.200. The molecule has 0 saturated heterocycles. The van der Waals surface area contributed by atoms with Crippen molar-refractivity contribution in [1.29, 1.82) is 5.41 Å². The van der Waals surface area contributed by atoms with Gasteiger partial charge in [0.25, 0.3) is 10.2 Å². The number of aryl methyl sites for hydroxylation is 1. The molecule has 0 heterocycles. The molecule has 0 amide bonds. The zero-order valence-corrected chi connectivity index (χ0v) is 18.7. The van der Waals surface area contributed by atoms with Crippen LogP contribution in [0, 0.1) is 12.3 Å². The summed E-state index contributed by atoms with van der Waals surface area (Å²) in [5, 5.41) is 27.4. The number of benzene rings is 2. The van der Waals surface area contributed by atoms with E-state index < -0.39 is 40.6 Å². The molecule has 8 N–H and O–H groups in total. The number of carbonyl (C=O) groups excluding carboxylic acids is 1. The lowest BCUT2D eigenvalue weighted by Gasteiger charge is -2.14. The second-order valence-electron chi connectivity index (χ2n) is 7.04. The van der Waals surface area contributed by atoms with Crippen molar-refractivity contribution in [3.63, 3.8) is 0 Å². The van der Waals surface area contributed by atoms with Crippen molar-refractivity contribution in [2.75, 3.05) is 5.32 Å². The van der Waals surface area contributed by atoms with Gasteiger partial charge in [-0.05, 0) is 48.4 Å². The van der Waals surface area contributed by atoms with Crippen LogP contribution in [0.15, 0.2) is 42.5 Å². The zero-order valence-electron chi connectivity index (χ0n) is 17.9. The molecule has 0 radical (unpaired) electrons. The van der Waals surface area contributed by atoms with Gasteiger partial charge in [-0.3, -0.25) is 15.0 Å². The maximum atomic E-state index is 12.4. The van der Waals surface area contributed by atoms with Crippen LogP contribution in [-0.2, 0) is 26.3 Å². The van der Waals surface area contributed by atoms with Gasteiger partial charge in [0.15, 0.2) is 5.96 Å². The number of esters is 1. The maximum Gasteiger partial charge on any atom is 0.343 e. The molecule has 0 aliphatic carbocycles. The van der Waals surface area contributed by atoms with E-state index in [0.29, 0.717) is 16.8 Å². The highest BCUT2D eigenvalue weighted by Crippen LogP contribution is 2.21. The maximum absolute atomic E-state index is 12.4. The molecule has 34 heavy (non-hydrogen) atoms. The first-order chi connectivity index (χ1) is 15.9. The van der Waals surface area contributed by atoms with Gasteiger partial charge >= 0.3 is 17.9 Å². The second-order valence-corrected chi connectivity index (χ2v) is 8.57. The largest absolute Gasteiger partial charge is 0.481 e. The first-order valence-corrected chi connectivity index (χ1v) is 11.1. The van der Waals surface area contributed by atoms with Crippen LogP contribution in [0.1, 0.15) is 27.9 Å². The standard InChI is InChI=1S/C20H23N5O8S/c1-11-8-12(10-23-34(31,32)25-15(18(28)29)9-17(26)27)2-7-16(11)33-19(30)13-3-5-14(6-4-13)24-20(21)22/h2-8,15,23,25H,9-10H2,1H3,(H,26,27)(H,28,29)(H4,21,22,24). The molecule has 2 rings (SSSR count). The third kappa shape index (κ3) is 8.16. The number of nitrogens with two attached hydrogens (primary N) is 1. The molecule has 0 bridgehead atoms. The van der Waals surface area contributed by atoms with Gasteiger partial charge < -0.3 is 26.0 Å². The molecule has 2 aromatic carbocycles. The number of guanidine groups is 1. The zero-order chi connectivity index (χ0) is 25.5. The quantitative estimate of drug-likeness (QED) is 0.0986. The van der Waals surface area contributed by atoms with Crippen LogP contribution in [0.5, 0.6) is 5.75 Å². The van der Waals surface area contributed by atoms with Crippen LogP contribution in [0.25, 0.3) is 0 Å². The fourth-order valence-corrected chi connectivity index (χ4v) is 3.70. The minimum atomic E-state index is -4.31. The lowest BCUT2D eigenvalue weighted by molar-refractivity contribution is -0.145. The Morgan fingerprint density at radius 2 is 1.76 bits per heavy atom. The monoisotopic (exact) mass is 493 g/mol. The number of carboxylic acid groups (broad SMARTS) is 2. The number of nitrogens with one attached hydrogen (secondary N) is 4. The summed E-state index contributed by atoms with van der Waals surface area (Å²) in [6.07, 6.45) is -0.925. The van der Waals surface area contributed by atoms with E-state index in [-0.39, 0.29) is 23.8 Å². The summed E-state index contributed by atoms with van der Waals surface area (Å²) in [6, 6.07) is 8.81. The van der Waals surface area contributed by atoms with Gasteiger partial charge in [-0.2, -0.15) is 17.9 Å². The van der Waals surface area contributed by atoms with Crippen LogP contribution in [-0.4, -0.2) is 48.5 Å². The molecule has 1 unspecified atom stereocenters. The second kappa shape index (κ2) is 11.2. The molecule has 182 valence electrons. The average molecular weight is 493 g/mol. The van der Waals surface area contributed by atoms with Crippen molar-refractivity contribution in [3.05, 3.63) is 59.2 Å². The van der Waals surface area contributed by atoms with Gasteiger partial charge in [0.2, 0.25) is 0 Å². The summed E-state index contributed by atoms with van der Waals surface area (Å²) in [6.45, 7) is 1.42. The van der Waals surface area contributed by atoms with Gasteiger partial charge in [0, 0.05) is 12.2 Å². The molecule has 13 nitrogen and oxygen atoms in total. The van der Waals surface area contributed by atoms with E-state index >= 15 is 0 Å². The van der Waals surface area contributed by atoms with Crippen LogP contribution < -0.4 is 25.2 Å². The number of hydrogen-bond donors (Lipinski definition) is 7. The lowest BCUT2D eigenvalue weighted by Crippen LogP contribution is -2.47. The molecule has 14 heteroatoms. The highest BCUT2D eigenvalue weighted by molar-refractivity contribution is 7.87. The Hall–Kier alpha value is -4.01. The Morgan fingerprint density at radius 3 is 2.29 bits per heavy atom. The number of carbonyl (C=O) groups is 3. The molecular weight excluding hydrogens is 470 g/mol. The summed E-state index contributed by atoms with van der Waals surface area (Å²) in [7, 11) is -4.31. The van der Waals surface area contributed by atoms with Crippen molar-refractivity contribution >= 4 is 39.8 Å². The molecular formula is C20H23N5O8S. The van der Waals surface area contributed by atoms with Gasteiger partial charge in [-0.25, -0.2) is 4.79 Å². The Bertz CT molecular complexity index is 1200. The van der Waals surface area contributed by atoms with E-state index in [1.165, 1.54) is 24.3 Å². The highest BCUT2D eigenvalue weighted by Gasteiger charge is 2.26. The number of aliphatic carboxylic acids is 2. The first-order valence-electron chi connectivity index (χ1n) is 9.60. The molecule has 0 fully saturated rings. The van der Waals surface area contributed by atoms with Crippen LogP contribution in [0.4, 0.5) is 5.69 Å². The molecule has 0 aliphatic heterocycles. The Balaban J connectivity index is 2.00. The van der Waals surface area contributed by atoms with E-state index in [4.69, 9.17) is 26.1 Å². The number of ether oxygens (including phenoxy) is 1.